The number of carbonyl (C=O) groups is 1. The number of hydrogen-bond donors (Lipinski definition) is 1. The Balaban J connectivity index is -0.000000392. The number of halogens is 2. The number of pyridine rings is 1. The second-order valence-corrected chi connectivity index (χ2v) is 9.07. The molecule has 0 radical (unpaired) electrons. The normalized spacial score (nSPS) is 12.6. The monoisotopic (exact) mass is 515 g/mol. The second-order valence-electron chi connectivity index (χ2n) is 6.67. The van der Waals surface area contributed by atoms with E-state index in [9.17, 15) is 17.6 Å². The predicted molar refractivity (Wildman–Crippen MR) is 123 cm³/mol. The first kappa shape index (κ1) is 36.4. The Hall–Kier alpha value is -0.134. The van der Waals surface area contributed by atoms with E-state index in [1.54, 1.807) is 0 Å². The van der Waals surface area contributed by atoms with Crippen LogP contribution in [0.25, 0.3) is 0 Å². The number of nitrogens with one attached hydrogen (secondary N) is 1. The van der Waals surface area contributed by atoms with Gasteiger partial charge in [-0.3, -0.25) is 9.78 Å². The molecule has 0 aliphatic carbocycles. The Labute approximate surface area is 240 Å². The number of sulfonamides is 1. The summed E-state index contributed by atoms with van der Waals surface area (Å²) < 4.78 is 38.9. The molecule has 6 nitrogen and oxygen atoms in total. The Morgan fingerprint density at radius 3 is 2.31 bits per heavy atom. The fourth-order valence-corrected chi connectivity index (χ4v) is 2.61. The number of allylic oxidation sites excluding steroid dienone is 2. The molecule has 0 aliphatic rings. The van der Waals surface area contributed by atoms with Crippen LogP contribution in [0.15, 0.2) is 29.9 Å². The Morgan fingerprint density at radius 1 is 1.38 bits per heavy atom. The molecule has 0 unspecified atom stereocenters. The summed E-state index contributed by atoms with van der Waals surface area (Å²) in [6.45, 7) is 11.7. The van der Waals surface area contributed by atoms with Crippen molar-refractivity contribution in [3.8, 4) is 0 Å². The summed E-state index contributed by atoms with van der Waals surface area (Å²) in [6, 6.07) is 2.84. The van der Waals surface area contributed by atoms with Crippen molar-refractivity contribution in [2.45, 2.75) is 47.0 Å². The van der Waals surface area contributed by atoms with Crippen molar-refractivity contribution in [2.24, 2.45) is 11.8 Å². The average molecular weight is 516 g/mol. The van der Waals surface area contributed by atoms with Crippen LogP contribution in [0.1, 0.15) is 52.7 Å². The van der Waals surface area contributed by atoms with Gasteiger partial charge < -0.3 is 10.8 Å². The first-order valence-electron chi connectivity index (χ1n) is 9.81. The maximum atomic E-state index is 12.1. The van der Waals surface area contributed by atoms with Crippen LogP contribution in [0.2, 0.25) is 0 Å². The van der Waals surface area contributed by atoms with Crippen LogP contribution in [-0.4, -0.2) is 39.3 Å². The molecular formula is C22H34ClFKN2O4S-. The van der Waals surface area contributed by atoms with E-state index in [2.05, 4.69) is 49.2 Å². The van der Waals surface area contributed by atoms with Gasteiger partial charge in [0.1, 0.15) is 12.4 Å². The summed E-state index contributed by atoms with van der Waals surface area (Å²) in [4.78, 5) is 14.0. The molecule has 10 heteroatoms. The van der Waals surface area contributed by atoms with Gasteiger partial charge in [0.25, 0.3) is 0 Å². The maximum Gasteiger partial charge on any atom is 1.00 e. The summed E-state index contributed by atoms with van der Waals surface area (Å²) >= 11 is 5.81. The van der Waals surface area contributed by atoms with Gasteiger partial charge in [-0.25, -0.2) is 23.6 Å². The van der Waals surface area contributed by atoms with E-state index in [1.165, 1.54) is 38.5 Å². The summed E-state index contributed by atoms with van der Waals surface area (Å²) in [7, 11) is -2.09. The Kier molecular flexibility index (Phi) is 24.4. The van der Waals surface area contributed by atoms with Gasteiger partial charge in [-0.2, -0.15) is 23.6 Å². The SMILES string of the molecule is C=[C-]c1ccc(F)cn1.CCC[C@@H]([C-]=C(C)Cl)[C@@H](C)CC.COC(=O)CNS(C)(=O)=O.[K+]. The second kappa shape index (κ2) is 21.4. The fourth-order valence-electron chi connectivity index (χ4n) is 2.09. The minimum Gasteiger partial charge on any atom is -0.478 e. The fraction of sp³-hybridized carbons (Fsp3) is 0.545. The van der Waals surface area contributed by atoms with E-state index in [1.807, 2.05) is 11.6 Å². The number of methoxy groups -OCH3 is 1. The average Bonchev–Trinajstić information content (AvgIpc) is 2.71. The largest absolute Gasteiger partial charge is 1.00 e. The van der Waals surface area contributed by atoms with Crippen molar-refractivity contribution in [3.63, 3.8) is 0 Å². The van der Waals surface area contributed by atoms with E-state index < -0.39 is 16.0 Å². The smallest absolute Gasteiger partial charge is 0.478 e. The maximum absolute atomic E-state index is 12.1. The molecule has 0 aromatic carbocycles. The number of rotatable bonds is 9. The van der Waals surface area contributed by atoms with Crippen LogP contribution in [-0.2, 0) is 19.6 Å². The zero-order valence-corrected chi connectivity index (χ0v) is 24.9. The van der Waals surface area contributed by atoms with Crippen LogP contribution < -0.4 is 56.1 Å². The molecule has 1 aromatic heterocycles. The molecule has 0 amide bonds. The molecule has 1 N–H and O–H groups in total. The molecule has 0 saturated carbocycles. The summed E-state index contributed by atoms with van der Waals surface area (Å²) in [6.07, 6.45) is 11.6. The van der Waals surface area contributed by atoms with Crippen LogP contribution in [0.5, 0.6) is 0 Å². The zero-order chi connectivity index (χ0) is 24.4. The quantitative estimate of drug-likeness (QED) is 0.307. The van der Waals surface area contributed by atoms with Gasteiger partial charge in [-0.05, 0) is 0 Å². The first-order valence-corrected chi connectivity index (χ1v) is 12.1. The van der Waals surface area contributed by atoms with E-state index >= 15 is 0 Å². The zero-order valence-electron chi connectivity index (χ0n) is 20.2. The standard InChI is InChI=1S/C11H20Cl.C7H5FN.C4H9NO4S.K/c1-5-7-11(8-10(4)12)9(3)6-2;1-2-7-4-3-6(8)5-9-7;1-9-4(6)3-5-10(2,7)8;/h9,11H,5-7H2,1-4H3;3-5H,1H2;5H,3H2,1-2H3;/q2*-1;;+1/t9-,11-;;;/m0.../s1. The van der Waals surface area contributed by atoms with Crippen molar-refractivity contribution < 1.29 is 73.7 Å². The number of carbonyl (C=O) groups excluding carboxylic acids is 1. The van der Waals surface area contributed by atoms with E-state index in [-0.39, 0.29) is 63.7 Å². The third-order valence-corrected chi connectivity index (χ3v) is 4.71. The topological polar surface area (TPSA) is 85.4 Å². The molecule has 178 valence electrons. The van der Waals surface area contributed by atoms with Gasteiger partial charge in [0, 0.05) is 0 Å². The van der Waals surface area contributed by atoms with E-state index in [0.717, 1.165) is 17.5 Å². The predicted octanol–water partition coefficient (Wildman–Crippen LogP) is 1.67. The molecule has 0 bridgehead atoms. The van der Waals surface area contributed by atoms with Crippen LogP contribution in [0, 0.1) is 29.8 Å². The number of esters is 1. The first-order chi connectivity index (χ1) is 14.4. The third-order valence-electron chi connectivity index (χ3n) is 3.93. The van der Waals surface area contributed by atoms with Crippen LogP contribution >= 0.6 is 11.6 Å². The third kappa shape index (κ3) is 23.0. The van der Waals surface area contributed by atoms with Gasteiger partial charge in [-0.15, -0.1) is 23.4 Å². The van der Waals surface area contributed by atoms with E-state index in [0.29, 0.717) is 17.5 Å². The summed E-state index contributed by atoms with van der Waals surface area (Å²) in [5, 5.41) is 0.814. The molecule has 1 aromatic rings. The summed E-state index contributed by atoms with van der Waals surface area (Å²) in [5.41, 5.74) is 0.566. The van der Waals surface area contributed by atoms with Crippen LogP contribution in [0.4, 0.5) is 4.39 Å². The molecule has 1 heterocycles. The Morgan fingerprint density at radius 2 is 1.97 bits per heavy atom. The minimum absolute atomic E-state index is 0. The minimum atomic E-state index is -3.28. The van der Waals surface area contributed by atoms with Crippen molar-refractivity contribution in [1.82, 2.24) is 9.71 Å². The molecule has 0 saturated heterocycles. The van der Waals surface area contributed by atoms with Gasteiger partial charge >= 0.3 is 57.4 Å². The van der Waals surface area contributed by atoms with Crippen molar-refractivity contribution in [3.05, 3.63) is 53.6 Å². The van der Waals surface area contributed by atoms with E-state index in [4.69, 9.17) is 11.6 Å². The number of hydrogen-bond acceptors (Lipinski definition) is 5. The Bertz CT molecular complexity index is 771. The molecule has 1 rings (SSSR count). The van der Waals surface area contributed by atoms with Crippen molar-refractivity contribution in [2.75, 3.05) is 19.9 Å². The van der Waals surface area contributed by atoms with Gasteiger partial charge in [0.2, 0.25) is 10.0 Å². The van der Waals surface area contributed by atoms with Crippen molar-refractivity contribution in [1.29, 1.82) is 0 Å². The van der Waals surface area contributed by atoms with Gasteiger partial charge in [0.05, 0.1) is 19.6 Å². The summed E-state index contributed by atoms with van der Waals surface area (Å²) in [5.74, 6) is 0.315. The van der Waals surface area contributed by atoms with Crippen LogP contribution in [0.3, 0.4) is 0 Å². The molecule has 0 aliphatic heterocycles. The number of nitrogens with zero attached hydrogens (tertiary/aromatic N) is 1. The number of aromatic nitrogens is 1. The molecule has 32 heavy (non-hydrogen) atoms. The molecule has 0 fully saturated rings. The van der Waals surface area contributed by atoms with Crippen molar-refractivity contribution >= 4 is 27.6 Å². The molecule has 2 atom stereocenters. The van der Waals surface area contributed by atoms with Gasteiger partial charge in [0.15, 0.2) is 0 Å². The van der Waals surface area contributed by atoms with Gasteiger partial charge in [-0.1, -0.05) is 52.9 Å². The molecular weight excluding hydrogens is 482 g/mol. The number of ether oxygens (including phenoxy) is 1. The molecule has 0 spiro atoms.